The standard InChI is InChI=1S/C18H21NO2/c1-14-8-9-15(2)17(12-14)18(20)19-10-11-21-13-16-6-4-3-5-7-16/h3-9,12H,10-11,13H2,1-2H3,(H,19,20). The zero-order valence-corrected chi connectivity index (χ0v) is 12.6. The van der Waals surface area contributed by atoms with E-state index in [1.807, 2.05) is 62.4 Å². The molecule has 0 aliphatic rings. The highest BCUT2D eigenvalue weighted by atomic mass is 16.5. The summed E-state index contributed by atoms with van der Waals surface area (Å²) in [5, 5.41) is 2.89. The maximum atomic E-state index is 12.1. The quantitative estimate of drug-likeness (QED) is 0.826. The summed E-state index contributed by atoms with van der Waals surface area (Å²) in [5.41, 5.74) is 3.95. The van der Waals surface area contributed by atoms with Crippen LogP contribution in [0.3, 0.4) is 0 Å². The van der Waals surface area contributed by atoms with Crippen molar-refractivity contribution < 1.29 is 9.53 Å². The fraction of sp³-hybridized carbons (Fsp3) is 0.278. The molecule has 0 heterocycles. The first-order valence-electron chi connectivity index (χ1n) is 7.14. The largest absolute Gasteiger partial charge is 0.375 e. The van der Waals surface area contributed by atoms with Crippen LogP contribution < -0.4 is 5.32 Å². The van der Waals surface area contributed by atoms with Crippen molar-refractivity contribution >= 4 is 5.91 Å². The first-order chi connectivity index (χ1) is 10.2. The molecule has 0 radical (unpaired) electrons. The predicted molar refractivity (Wildman–Crippen MR) is 84.3 cm³/mol. The number of benzene rings is 2. The second-order valence-corrected chi connectivity index (χ2v) is 5.11. The molecule has 0 fully saturated rings. The van der Waals surface area contributed by atoms with Crippen molar-refractivity contribution in [3.8, 4) is 0 Å². The lowest BCUT2D eigenvalue weighted by molar-refractivity contribution is 0.0900. The number of hydrogen-bond donors (Lipinski definition) is 1. The van der Waals surface area contributed by atoms with E-state index >= 15 is 0 Å². The Labute approximate surface area is 126 Å². The zero-order valence-electron chi connectivity index (χ0n) is 12.6. The number of nitrogens with one attached hydrogen (secondary N) is 1. The minimum Gasteiger partial charge on any atom is -0.375 e. The van der Waals surface area contributed by atoms with Crippen LogP contribution in [0.1, 0.15) is 27.0 Å². The third kappa shape index (κ3) is 4.72. The van der Waals surface area contributed by atoms with Crippen molar-refractivity contribution in [2.45, 2.75) is 20.5 Å². The molecule has 0 unspecified atom stereocenters. The maximum absolute atomic E-state index is 12.1. The van der Waals surface area contributed by atoms with Gasteiger partial charge in [-0.15, -0.1) is 0 Å². The molecule has 3 nitrogen and oxygen atoms in total. The Bertz CT molecular complexity index is 593. The average molecular weight is 283 g/mol. The molecule has 21 heavy (non-hydrogen) atoms. The molecule has 2 aromatic rings. The van der Waals surface area contributed by atoms with Gasteiger partial charge in [-0.05, 0) is 31.0 Å². The lowest BCUT2D eigenvalue weighted by atomic mass is 10.1. The minimum atomic E-state index is -0.0421. The van der Waals surface area contributed by atoms with Gasteiger partial charge in [0.2, 0.25) is 0 Å². The minimum absolute atomic E-state index is 0.0421. The average Bonchev–Trinajstić information content (AvgIpc) is 2.50. The van der Waals surface area contributed by atoms with Gasteiger partial charge in [-0.1, -0.05) is 48.0 Å². The predicted octanol–water partition coefficient (Wildman–Crippen LogP) is 3.25. The van der Waals surface area contributed by atoms with Gasteiger partial charge in [-0.2, -0.15) is 0 Å². The van der Waals surface area contributed by atoms with Crippen LogP contribution in [0.15, 0.2) is 48.5 Å². The van der Waals surface area contributed by atoms with Crippen molar-refractivity contribution in [2.24, 2.45) is 0 Å². The van der Waals surface area contributed by atoms with Crippen molar-refractivity contribution in [2.75, 3.05) is 13.2 Å². The lowest BCUT2D eigenvalue weighted by Crippen LogP contribution is -2.27. The molecule has 0 aliphatic heterocycles. The molecule has 1 amide bonds. The van der Waals surface area contributed by atoms with Gasteiger partial charge in [-0.25, -0.2) is 0 Å². The number of rotatable bonds is 6. The molecule has 3 heteroatoms. The topological polar surface area (TPSA) is 38.3 Å². The van der Waals surface area contributed by atoms with E-state index in [0.717, 1.165) is 22.3 Å². The highest BCUT2D eigenvalue weighted by Crippen LogP contribution is 2.10. The molecular formula is C18H21NO2. The Morgan fingerprint density at radius 2 is 1.86 bits per heavy atom. The Morgan fingerprint density at radius 1 is 1.10 bits per heavy atom. The molecule has 1 N–H and O–H groups in total. The third-order valence-corrected chi connectivity index (χ3v) is 3.28. The fourth-order valence-corrected chi connectivity index (χ4v) is 2.08. The first kappa shape index (κ1) is 15.3. The molecule has 0 aromatic heterocycles. The van der Waals surface area contributed by atoms with Crippen LogP contribution >= 0.6 is 0 Å². The van der Waals surface area contributed by atoms with Crippen molar-refractivity contribution in [1.29, 1.82) is 0 Å². The maximum Gasteiger partial charge on any atom is 0.251 e. The van der Waals surface area contributed by atoms with Crippen LogP contribution in [-0.4, -0.2) is 19.1 Å². The fourth-order valence-electron chi connectivity index (χ4n) is 2.08. The molecule has 0 saturated heterocycles. The highest BCUT2D eigenvalue weighted by Gasteiger charge is 2.08. The Morgan fingerprint density at radius 3 is 2.62 bits per heavy atom. The van der Waals surface area contributed by atoms with E-state index < -0.39 is 0 Å². The number of carbonyl (C=O) groups is 1. The summed E-state index contributed by atoms with van der Waals surface area (Å²) >= 11 is 0. The van der Waals surface area contributed by atoms with Crippen molar-refractivity contribution in [3.05, 3.63) is 70.8 Å². The molecule has 0 spiro atoms. The zero-order chi connectivity index (χ0) is 15.1. The Balaban J connectivity index is 1.73. The van der Waals surface area contributed by atoms with Crippen LogP contribution in [0.25, 0.3) is 0 Å². The molecule has 0 saturated carbocycles. The van der Waals surface area contributed by atoms with Crippen molar-refractivity contribution in [3.63, 3.8) is 0 Å². The Hall–Kier alpha value is -2.13. The van der Waals surface area contributed by atoms with Gasteiger partial charge in [-0.3, -0.25) is 4.79 Å². The van der Waals surface area contributed by atoms with Crippen molar-refractivity contribution in [1.82, 2.24) is 5.32 Å². The van der Waals surface area contributed by atoms with E-state index in [9.17, 15) is 4.79 Å². The van der Waals surface area contributed by atoms with E-state index in [0.29, 0.717) is 19.8 Å². The normalized spacial score (nSPS) is 10.4. The molecule has 110 valence electrons. The summed E-state index contributed by atoms with van der Waals surface area (Å²) < 4.78 is 5.55. The number of ether oxygens (including phenoxy) is 1. The molecular weight excluding hydrogens is 262 g/mol. The summed E-state index contributed by atoms with van der Waals surface area (Å²) in [4.78, 5) is 12.1. The van der Waals surface area contributed by atoms with Gasteiger partial charge in [0.25, 0.3) is 5.91 Å². The van der Waals surface area contributed by atoms with E-state index in [1.54, 1.807) is 0 Å². The smallest absolute Gasteiger partial charge is 0.251 e. The number of carbonyl (C=O) groups excluding carboxylic acids is 1. The van der Waals surface area contributed by atoms with E-state index in [4.69, 9.17) is 4.74 Å². The van der Waals surface area contributed by atoms with E-state index in [2.05, 4.69) is 5.32 Å². The van der Waals surface area contributed by atoms with Crippen LogP contribution in [0, 0.1) is 13.8 Å². The van der Waals surface area contributed by atoms with Crippen LogP contribution in [0.4, 0.5) is 0 Å². The van der Waals surface area contributed by atoms with Gasteiger partial charge in [0.1, 0.15) is 0 Å². The highest BCUT2D eigenvalue weighted by molar-refractivity contribution is 5.95. The third-order valence-electron chi connectivity index (χ3n) is 3.28. The van der Waals surface area contributed by atoms with Crippen LogP contribution in [0.5, 0.6) is 0 Å². The van der Waals surface area contributed by atoms with Gasteiger partial charge in [0.15, 0.2) is 0 Å². The number of aryl methyl sites for hydroxylation is 2. The summed E-state index contributed by atoms with van der Waals surface area (Å²) in [5.74, 6) is -0.0421. The van der Waals surface area contributed by atoms with Crippen LogP contribution in [0.2, 0.25) is 0 Å². The summed E-state index contributed by atoms with van der Waals surface area (Å²) in [6, 6.07) is 15.9. The molecule has 2 rings (SSSR count). The van der Waals surface area contributed by atoms with Gasteiger partial charge in [0.05, 0.1) is 13.2 Å². The molecule has 2 aromatic carbocycles. The summed E-state index contributed by atoms with van der Waals surface area (Å²) in [6.07, 6.45) is 0. The first-order valence-corrected chi connectivity index (χ1v) is 7.14. The van der Waals surface area contributed by atoms with Gasteiger partial charge < -0.3 is 10.1 Å². The summed E-state index contributed by atoms with van der Waals surface area (Å²) in [6.45, 7) is 5.52. The number of amides is 1. The summed E-state index contributed by atoms with van der Waals surface area (Å²) in [7, 11) is 0. The monoisotopic (exact) mass is 283 g/mol. The number of hydrogen-bond acceptors (Lipinski definition) is 2. The SMILES string of the molecule is Cc1ccc(C)c(C(=O)NCCOCc2ccccc2)c1. The van der Waals surface area contributed by atoms with E-state index in [1.165, 1.54) is 0 Å². The van der Waals surface area contributed by atoms with Gasteiger partial charge >= 0.3 is 0 Å². The van der Waals surface area contributed by atoms with Gasteiger partial charge in [0, 0.05) is 12.1 Å². The molecule has 0 aliphatic carbocycles. The molecule has 0 atom stereocenters. The molecule has 0 bridgehead atoms. The van der Waals surface area contributed by atoms with Crippen LogP contribution in [-0.2, 0) is 11.3 Å². The van der Waals surface area contributed by atoms with E-state index in [-0.39, 0.29) is 5.91 Å². The second kappa shape index (κ2) is 7.60. The second-order valence-electron chi connectivity index (χ2n) is 5.11. The lowest BCUT2D eigenvalue weighted by Gasteiger charge is -2.09. The Kier molecular flexibility index (Phi) is 5.52.